The van der Waals surface area contributed by atoms with Crippen LogP contribution in [0, 0.1) is 0 Å². The summed E-state index contributed by atoms with van der Waals surface area (Å²) in [6, 6.07) is 13.8. The van der Waals surface area contributed by atoms with Gasteiger partial charge in [0, 0.05) is 0 Å². The molecule has 0 saturated carbocycles. The number of benzene rings is 2. The number of carbonyl (C=O) groups is 2. The fourth-order valence-electron chi connectivity index (χ4n) is 2.26. The highest BCUT2D eigenvalue weighted by molar-refractivity contribution is 7.80. The first-order chi connectivity index (χ1) is 11.5. The minimum Gasteiger partial charge on any atom is -0.298 e. The number of thiocarbonyl (C=S) groups is 1. The van der Waals surface area contributed by atoms with Crippen molar-refractivity contribution in [2.75, 3.05) is 4.90 Å². The minimum absolute atomic E-state index is 0.0329. The Hall–Kier alpha value is -2.21. The summed E-state index contributed by atoms with van der Waals surface area (Å²) in [6.45, 7) is 0. The summed E-state index contributed by atoms with van der Waals surface area (Å²) in [7, 11) is 0. The zero-order valence-electron chi connectivity index (χ0n) is 12.1. The third-order valence-electron chi connectivity index (χ3n) is 3.40. The number of anilines is 1. The van der Waals surface area contributed by atoms with E-state index in [0.717, 1.165) is 0 Å². The Kier molecular flexibility index (Phi) is 4.66. The maximum atomic E-state index is 12.8. The second kappa shape index (κ2) is 6.73. The topological polar surface area (TPSA) is 49.4 Å². The van der Waals surface area contributed by atoms with E-state index in [-0.39, 0.29) is 15.7 Å². The second-order valence-electron chi connectivity index (χ2n) is 4.94. The number of nitrogens with one attached hydrogen (secondary N) is 1. The van der Waals surface area contributed by atoms with Crippen LogP contribution in [0.3, 0.4) is 0 Å². The van der Waals surface area contributed by atoms with Crippen molar-refractivity contribution in [2.45, 2.75) is 0 Å². The van der Waals surface area contributed by atoms with E-state index in [4.69, 9.17) is 35.4 Å². The maximum absolute atomic E-state index is 12.8. The zero-order chi connectivity index (χ0) is 17.3. The molecule has 0 aliphatic carbocycles. The number of rotatable bonds is 2. The van der Waals surface area contributed by atoms with Crippen molar-refractivity contribution >= 4 is 64.1 Å². The van der Waals surface area contributed by atoms with E-state index < -0.39 is 11.8 Å². The Labute approximate surface area is 153 Å². The van der Waals surface area contributed by atoms with Gasteiger partial charge in [0.05, 0.1) is 15.7 Å². The first-order valence-corrected chi connectivity index (χ1v) is 8.06. The van der Waals surface area contributed by atoms with Crippen LogP contribution in [0.1, 0.15) is 5.56 Å². The van der Waals surface area contributed by atoms with Gasteiger partial charge in [0.2, 0.25) is 0 Å². The van der Waals surface area contributed by atoms with Crippen molar-refractivity contribution in [3.05, 3.63) is 69.7 Å². The Morgan fingerprint density at radius 3 is 2.42 bits per heavy atom. The van der Waals surface area contributed by atoms with Gasteiger partial charge in [-0.2, -0.15) is 0 Å². The summed E-state index contributed by atoms with van der Waals surface area (Å²) in [5.74, 6) is -1.10. The molecule has 2 amide bonds. The number of hydrogen-bond acceptors (Lipinski definition) is 3. The molecule has 3 rings (SSSR count). The molecule has 120 valence electrons. The van der Waals surface area contributed by atoms with E-state index in [2.05, 4.69) is 5.32 Å². The average molecular weight is 377 g/mol. The van der Waals surface area contributed by atoms with Crippen LogP contribution >= 0.6 is 35.4 Å². The normalized spacial score (nSPS) is 16.5. The van der Waals surface area contributed by atoms with Crippen molar-refractivity contribution in [2.24, 2.45) is 0 Å². The van der Waals surface area contributed by atoms with Crippen LogP contribution in [-0.4, -0.2) is 16.9 Å². The van der Waals surface area contributed by atoms with Crippen LogP contribution in [-0.2, 0) is 9.59 Å². The van der Waals surface area contributed by atoms with Crippen LogP contribution in [0.4, 0.5) is 5.69 Å². The van der Waals surface area contributed by atoms with E-state index >= 15 is 0 Å². The lowest BCUT2D eigenvalue weighted by molar-refractivity contribution is -0.122. The van der Waals surface area contributed by atoms with Gasteiger partial charge in [-0.25, -0.2) is 0 Å². The first kappa shape index (κ1) is 16.6. The zero-order valence-corrected chi connectivity index (χ0v) is 14.5. The molecule has 1 aliphatic rings. The molecule has 1 fully saturated rings. The second-order valence-corrected chi connectivity index (χ2v) is 6.11. The largest absolute Gasteiger partial charge is 0.298 e. The van der Waals surface area contributed by atoms with E-state index in [0.29, 0.717) is 16.3 Å². The van der Waals surface area contributed by atoms with Crippen molar-refractivity contribution in [1.29, 1.82) is 0 Å². The predicted molar refractivity (Wildman–Crippen MR) is 99.1 cm³/mol. The molecule has 1 saturated heterocycles. The van der Waals surface area contributed by atoms with Crippen molar-refractivity contribution in [3.8, 4) is 0 Å². The molecule has 0 unspecified atom stereocenters. The molecule has 1 N–H and O–H groups in total. The van der Waals surface area contributed by atoms with Crippen LogP contribution in [0.5, 0.6) is 0 Å². The molecule has 2 aromatic carbocycles. The van der Waals surface area contributed by atoms with Gasteiger partial charge < -0.3 is 0 Å². The Bertz CT molecular complexity index is 881. The molecular formula is C17H10Cl2N2O2S. The van der Waals surface area contributed by atoms with E-state index in [1.807, 2.05) is 6.07 Å². The fraction of sp³-hybridized carbons (Fsp3) is 0. The van der Waals surface area contributed by atoms with Gasteiger partial charge in [0.1, 0.15) is 5.57 Å². The summed E-state index contributed by atoms with van der Waals surface area (Å²) >= 11 is 17.2. The highest BCUT2D eigenvalue weighted by Crippen LogP contribution is 2.28. The van der Waals surface area contributed by atoms with Gasteiger partial charge in [-0.15, -0.1) is 0 Å². The molecule has 24 heavy (non-hydrogen) atoms. The SMILES string of the molecule is O=C1NC(=S)N(c2ccccc2)C(=O)/C1=C/c1cccc(Cl)c1Cl. The molecule has 1 heterocycles. The van der Waals surface area contributed by atoms with Crippen LogP contribution in [0.25, 0.3) is 6.08 Å². The number of nitrogens with zero attached hydrogens (tertiary/aromatic N) is 1. The Morgan fingerprint density at radius 1 is 1.00 bits per heavy atom. The van der Waals surface area contributed by atoms with Crippen molar-refractivity contribution in [1.82, 2.24) is 5.32 Å². The van der Waals surface area contributed by atoms with Crippen LogP contribution < -0.4 is 10.2 Å². The number of carbonyl (C=O) groups excluding carboxylic acids is 2. The molecule has 0 aromatic heterocycles. The average Bonchev–Trinajstić information content (AvgIpc) is 2.56. The molecule has 0 atom stereocenters. The van der Waals surface area contributed by atoms with Crippen LogP contribution in [0.15, 0.2) is 54.1 Å². The quantitative estimate of drug-likeness (QED) is 0.492. The lowest BCUT2D eigenvalue weighted by atomic mass is 10.1. The molecule has 4 nitrogen and oxygen atoms in total. The molecule has 0 bridgehead atoms. The summed E-state index contributed by atoms with van der Waals surface area (Å²) < 4.78 is 0. The standard InChI is InChI=1S/C17H10Cl2N2O2S/c18-13-8-4-5-10(14(13)19)9-12-15(22)20-17(24)21(16(12)23)11-6-2-1-3-7-11/h1-9H,(H,20,22,24)/b12-9+. The number of hydrogen-bond donors (Lipinski definition) is 1. The van der Waals surface area contributed by atoms with Gasteiger partial charge in [0.15, 0.2) is 5.11 Å². The molecular weight excluding hydrogens is 367 g/mol. The van der Waals surface area contributed by atoms with Gasteiger partial charge in [-0.05, 0) is 42.1 Å². The van der Waals surface area contributed by atoms with E-state index in [9.17, 15) is 9.59 Å². The third-order valence-corrected chi connectivity index (χ3v) is 4.52. The third kappa shape index (κ3) is 3.06. The summed E-state index contributed by atoms with van der Waals surface area (Å²) in [4.78, 5) is 26.2. The van der Waals surface area contributed by atoms with Crippen molar-refractivity contribution in [3.63, 3.8) is 0 Å². The molecule has 7 heteroatoms. The lowest BCUT2D eigenvalue weighted by Gasteiger charge is -2.28. The van der Waals surface area contributed by atoms with E-state index in [1.165, 1.54) is 11.0 Å². The molecule has 2 aromatic rings. The lowest BCUT2D eigenvalue weighted by Crippen LogP contribution is -2.54. The number of halogens is 2. The van der Waals surface area contributed by atoms with Gasteiger partial charge >= 0.3 is 0 Å². The smallest absolute Gasteiger partial charge is 0.270 e. The van der Waals surface area contributed by atoms with Crippen molar-refractivity contribution < 1.29 is 9.59 Å². The Morgan fingerprint density at radius 2 is 1.71 bits per heavy atom. The summed E-state index contributed by atoms with van der Waals surface area (Å²) in [5, 5.41) is 3.16. The predicted octanol–water partition coefficient (Wildman–Crippen LogP) is 3.82. The molecule has 0 radical (unpaired) electrons. The monoisotopic (exact) mass is 376 g/mol. The highest BCUT2D eigenvalue weighted by atomic mass is 35.5. The fourth-order valence-corrected chi connectivity index (χ4v) is 2.90. The highest BCUT2D eigenvalue weighted by Gasteiger charge is 2.34. The van der Waals surface area contributed by atoms with Crippen LogP contribution in [0.2, 0.25) is 10.0 Å². The number of amides is 2. The summed E-state index contributed by atoms with van der Waals surface area (Å²) in [6.07, 6.45) is 1.41. The van der Waals surface area contributed by atoms with Gasteiger partial charge in [0.25, 0.3) is 11.8 Å². The molecule has 1 aliphatic heterocycles. The Balaban J connectivity index is 2.06. The maximum Gasteiger partial charge on any atom is 0.270 e. The van der Waals surface area contributed by atoms with Gasteiger partial charge in [-0.3, -0.25) is 19.8 Å². The van der Waals surface area contributed by atoms with E-state index in [1.54, 1.807) is 42.5 Å². The summed E-state index contributed by atoms with van der Waals surface area (Å²) in [5.41, 5.74) is 0.968. The first-order valence-electron chi connectivity index (χ1n) is 6.89. The number of para-hydroxylation sites is 1. The van der Waals surface area contributed by atoms with Gasteiger partial charge in [-0.1, -0.05) is 53.5 Å². The minimum atomic E-state index is -0.576. The molecule has 0 spiro atoms.